The molecule has 0 aromatic heterocycles. The fourth-order valence-corrected chi connectivity index (χ4v) is 4.29. The molecular weight excluding hydrogens is 378 g/mol. The van der Waals surface area contributed by atoms with Gasteiger partial charge in [0.05, 0.1) is 4.90 Å². The van der Waals surface area contributed by atoms with Crippen LogP contribution in [0.15, 0.2) is 53.4 Å². The highest BCUT2D eigenvalue weighted by atomic mass is 32.2. The molecule has 1 heterocycles. The molecule has 0 saturated carbocycles. The zero-order valence-electron chi connectivity index (χ0n) is 15.8. The molecule has 28 heavy (non-hydrogen) atoms. The minimum Gasteiger partial charge on any atom is -0.322 e. The Morgan fingerprint density at radius 2 is 1.82 bits per heavy atom. The Labute approximate surface area is 164 Å². The first-order valence-electron chi connectivity index (χ1n) is 9.10. The Balaban J connectivity index is 1.72. The summed E-state index contributed by atoms with van der Waals surface area (Å²) in [4.78, 5) is 26.2. The van der Waals surface area contributed by atoms with Crippen LogP contribution in [0, 0.1) is 0 Å². The van der Waals surface area contributed by atoms with E-state index in [9.17, 15) is 18.0 Å². The first-order valence-corrected chi connectivity index (χ1v) is 10.6. The van der Waals surface area contributed by atoms with Crippen molar-refractivity contribution in [2.45, 2.75) is 37.6 Å². The van der Waals surface area contributed by atoms with Gasteiger partial charge in [0, 0.05) is 35.9 Å². The average molecular weight is 401 g/mol. The number of carbonyl (C=O) groups is 2. The van der Waals surface area contributed by atoms with Crippen molar-refractivity contribution in [2.24, 2.45) is 0 Å². The summed E-state index contributed by atoms with van der Waals surface area (Å²) in [6.07, 6.45) is 1.37. The molecule has 2 aromatic carbocycles. The van der Waals surface area contributed by atoms with Gasteiger partial charge in [-0.1, -0.05) is 6.07 Å². The Morgan fingerprint density at radius 3 is 2.43 bits per heavy atom. The first-order chi connectivity index (χ1) is 13.3. The van der Waals surface area contributed by atoms with Crippen molar-refractivity contribution in [3.05, 3.63) is 54.1 Å². The van der Waals surface area contributed by atoms with E-state index in [4.69, 9.17) is 0 Å². The van der Waals surface area contributed by atoms with E-state index < -0.39 is 10.0 Å². The second-order valence-corrected chi connectivity index (χ2v) is 8.67. The summed E-state index contributed by atoms with van der Waals surface area (Å²) in [5, 5.41) is 2.79. The van der Waals surface area contributed by atoms with Crippen molar-refractivity contribution >= 4 is 33.2 Å². The molecule has 3 rings (SSSR count). The van der Waals surface area contributed by atoms with Crippen LogP contribution in [0.3, 0.4) is 0 Å². The minimum atomic E-state index is -3.60. The lowest BCUT2D eigenvalue weighted by Crippen LogP contribution is -2.30. The van der Waals surface area contributed by atoms with Crippen molar-refractivity contribution in [3.63, 3.8) is 0 Å². The number of amides is 2. The summed E-state index contributed by atoms with van der Waals surface area (Å²) >= 11 is 0. The quantitative estimate of drug-likeness (QED) is 0.778. The third-order valence-electron chi connectivity index (χ3n) is 4.31. The lowest BCUT2D eigenvalue weighted by Gasteiger charge is -2.16. The highest BCUT2D eigenvalue weighted by Crippen LogP contribution is 2.24. The topological polar surface area (TPSA) is 95.6 Å². The van der Waals surface area contributed by atoms with Gasteiger partial charge in [-0.15, -0.1) is 0 Å². The summed E-state index contributed by atoms with van der Waals surface area (Å²) in [6, 6.07) is 12.6. The third kappa shape index (κ3) is 4.58. The van der Waals surface area contributed by atoms with Gasteiger partial charge in [-0.3, -0.25) is 9.59 Å². The summed E-state index contributed by atoms with van der Waals surface area (Å²) < 4.78 is 26.8. The standard InChI is InChI=1S/C20H23N3O4S/c1-14(2)22-28(26,27)18-10-8-15(9-11-18)20(25)21-16-5-3-6-17(13-16)23-12-4-7-19(23)24/h3,5-6,8-11,13-14,22H,4,7,12H2,1-2H3,(H,21,25). The third-order valence-corrected chi connectivity index (χ3v) is 5.98. The highest BCUT2D eigenvalue weighted by Gasteiger charge is 2.22. The maximum atomic E-state index is 12.5. The highest BCUT2D eigenvalue weighted by molar-refractivity contribution is 7.89. The molecule has 0 spiro atoms. The predicted molar refractivity (Wildman–Crippen MR) is 108 cm³/mol. The zero-order chi connectivity index (χ0) is 20.3. The smallest absolute Gasteiger partial charge is 0.255 e. The summed E-state index contributed by atoms with van der Waals surface area (Å²) in [5.74, 6) is -0.277. The maximum absolute atomic E-state index is 12.5. The monoisotopic (exact) mass is 401 g/mol. The number of nitrogens with zero attached hydrogens (tertiary/aromatic N) is 1. The number of anilines is 2. The van der Waals surface area contributed by atoms with Crippen molar-refractivity contribution < 1.29 is 18.0 Å². The molecule has 0 aliphatic carbocycles. The van der Waals surface area contributed by atoms with E-state index in [0.717, 1.165) is 12.1 Å². The molecule has 0 unspecified atom stereocenters. The number of benzene rings is 2. The average Bonchev–Trinajstić information content (AvgIpc) is 3.07. The first kappa shape index (κ1) is 20.0. The number of hydrogen-bond acceptors (Lipinski definition) is 4. The second kappa shape index (κ2) is 8.12. The van der Waals surface area contributed by atoms with Crippen LogP contribution in [0.25, 0.3) is 0 Å². The maximum Gasteiger partial charge on any atom is 0.255 e. The van der Waals surface area contributed by atoms with Gasteiger partial charge in [0.1, 0.15) is 0 Å². The molecule has 7 nitrogen and oxygen atoms in total. The van der Waals surface area contributed by atoms with Crippen molar-refractivity contribution in [2.75, 3.05) is 16.8 Å². The SMILES string of the molecule is CC(C)NS(=O)(=O)c1ccc(C(=O)Nc2cccc(N3CCCC3=O)c2)cc1. The van der Waals surface area contributed by atoms with Crippen LogP contribution in [-0.2, 0) is 14.8 Å². The van der Waals surface area contributed by atoms with Gasteiger partial charge in [0.2, 0.25) is 15.9 Å². The van der Waals surface area contributed by atoms with Crippen molar-refractivity contribution in [1.82, 2.24) is 4.72 Å². The molecule has 1 aliphatic heterocycles. The number of carbonyl (C=O) groups excluding carboxylic acids is 2. The molecular formula is C20H23N3O4S. The molecule has 2 aromatic rings. The fourth-order valence-electron chi connectivity index (χ4n) is 3.04. The fraction of sp³-hybridized carbons (Fsp3) is 0.300. The van der Waals surface area contributed by atoms with E-state index in [0.29, 0.717) is 24.2 Å². The lowest BCUT2D eigenvalue weighted by atomic mass is 10.2. The lowest BCUT2D eigenvalue weighted by molar-refractivity contribution is -0.117. The van der Waals surface area contributed by atoms with E-state index in [1.54, 1.807) is 36.9 Å². The molecule has 2 amide bonds. The molecule has 8 heteroatoms. The summed E-state index contributed by atoms with van der Waals surface area (Å²) in [5.41, 5.74) is 1.66. The summed E-state index contributed by atoms with van der Waals surface area (Å²) in [7, 11) is -3.60. The van der Waals surface area contributed by atoms with Gasteiger partial charge in [-0.2, -0.15) is 0 Å². The molecule has 1 saturated heterocycles. The molecule has 148 valence electrons. The largest absolute Gasteiger partial charge is 0.322 e. The van der Waals surface area contributed by atoms with Gasteiger partial charge >= 0.3 is 0 Å². The van der Waals surface area contributed by atoms with Gasteiger partial charge in [0.15, 0.2) is 0 Å². The molecule has 1 aliphatic rings. The Morgan fingerprint density at radius 1 is 1.11 bits per heavy atom. The van der Waals surface area contributed by atoms with Crippen LogP contribution in [-0.4, -0.2) is 32.8 Å². The van der Waals surface area contributed by atoms with E-state index in [1.165, 1.54) is 24.3 Å². The Kier molecular flexibility index (Phi) is 5.81. The number of rotatable bonds is 6. The van der Waals surface area contributed by atoms with E-state index in [2.05, 4.69) is 10.0 Å². The Hall–Kier alpha value is -2.71. The van der Waals surface area contributed by atoms with Crippen LogP contribution in [0.2, 0.25) is 0 Å². The van der Waals surface area contributed by atoms with Crippen LogP contribution in [0.1, 0.15) is 37.0 Å². The Bertz CT molecular complexity index is 985. The van der Waals surface area contributed by atoms with Gasteiger partial charge in [-0.25, -0.2) is 13.1 Å². The normalized spacial score (nSPS) is 14.5. The number of sulfonamides is 1. The molecule has 0 bridgehead atoms. The van der Waals surface area contributed by atoms with Gasteiger partial charge < -0.3 is 10.2 Å². The van der Waals surface area contributed by atoms with E-state index in [-0.39, 0.29) is 22.8 Å². The number of nitrogens with one attached hydrogen (secondary N) is 2. The molecule has 0 radical (unpaired) electrons. The van der Waals surface area contributed by atoms with Crippen LogP contribution >= 0.6 is 0 Å². The van der Waals surface area contributed by atoms with Crippen molar-refractivity contribution in [1.29, 1.82) is 0 Å². The molecule has 2 N–H and O–H groups in total. The van der Waals surface area contributed by atoms with Crippen molar-refractivity contribution in [3.8, 4) is 0 Å². The van der Waals surface area contributed by atoms with Crippen LogP contribution < -0.4 is 14.9 Å². The zero-order valence-corrected chi connectivity index (χ0v) is 16.6. The molecule has 1 fully saturated rings. The van der Waals surface area contributed by atoms with E-state index in [1.807, 2.05) is 6.07 Å². The molecule has 0 atom stereocenters. The van der Waals surface area contributed by atoms with Crippen LogP contribution in [0.4, 0.5) is 11.4 Å². The van der Waals surface area contributed by atoms with Gasteiger partial charge in [-0.05, 0) is 62.7 Å². The second-order valence-electron chi connectivity index (χ2n) is 6.95. The number of hydrogen-bond donors (Lipinski definition) is 2. The van der Waals surface area contributed by atoms with E-state index >= 15 is 0 Å². The predicted octanol–water partition coefficient (Wildman–Crippen LogP) is 2.75. The minimum absolute atomic E-state index is 0.0790. The summed E-state index contributed by atoms with van der Waals surface area (Å²) in [6.45, 7) is 4.16. The van der Waals surface area contributed by atoms with Gasteiger partial charge in [0.25, 0.3) is 5.91 Å². The van der Waals surface area contributed by atoms with Crippen LogP contribution in [0.5, 0.6) is 0 Å².